The summed E-state index contributed by atoms with van der Waals surface area (Å²) in [5.74, 6) is 2.06. The molecule has 4 heterocycles. The standard InChI is InChI=1S/C20H15N3O4S2/c24-19(15-11-25-13-4-1-2-5-14(13)26-15)21-10-12-7-8-17(29-12)20-22-18(23-27-20)16-6-3-9-28-16/h1-9,15H,10-11H2,(H,21,24)/t15-/m1/s1. The largest absolute Gasteiger partial charge is 0.485 e. The van der Waals surface area contributed by atoms with Crippen LogP contribution in [0.3, 0.4) is 0 Å². The third kappa shape index (κ3) is 3.74. The van der Waals surface area contributed by atoms with E-state index in [-0.39, 0.29) is 12.5 Å². The zero-order valence-corrected chi connectivity index (χ0v) is 16.7. The second-order valence-electron chi connectivity index (χ2n) is 6.25. The molecule has 1 aliphatic heterocycles. The summed E-state index contributed by atoms with van der Waals surface area (Å²) >= 11 is 3.05. The molecular formula is C20H15N3O4S2. The predicted octanol–water partition coefficient (Wildman–Crippen LogP) is 3.98. The van der Waals surface area contributed by atoms with E-state index < -0.39 is 6.10 Å². The molecule has 1 aliphatic rings. The molecule has 9 heteroatoms. The number of hydrogen-bond acceptors (Lipinski definition) is 8. The first kappa shape index (κ1) is 17.9. The van der Waals surface area contributed by atoms with Crippen molar-refractivity contribution >= 4 is 28.6 Å². The van der Waals surface area contributed by atoms with Crippen LogP contribution in [0, 0.1) is 0 Å². The van der Waals surface area contributed by atoms with E-state index in [1.807, 2.05) is 47.8 Å². The van der Waals surface area contributed by atoms with Crippen molar-refractivity contribution in [3.8, 4) is 33.0 Å². The number of para-hydroxylation sites is 2. The zero-order chi connectivity index (χ0) is 19.6. The Balaban J connectivity index is 1.20. The second-order valence-corrected chi connectivity index (χ2v) is 8.36. The monoisotopic (exact) mass is 425 g/mol. The predicted molar refractivity (Wildman–Crippen MR) is 109 cm³/mol. The molecule has 4 aromatic rings. The summed E-state index contributed by atoms with van der Waals surface area (Å²) in [5, 5.41) is 8.89. The van der Waals surface area contributed by atoms with Crippen molar-refractivity contribution in [1.29, 1.82) is 0 Å². The quantitative estimate of drug-likeness (QED) is 0.520. The normalized spacial score (nSPS) is 15.2. The number of thiophene rings is 2. The molecule has 0 saturated carbocycles. The van der Waals surface area contributed by atoms with Gasteiger partial charge in [-0.3, -0.25) is 4.79 Å². The molecule has 0 saturated heterocycles. The first-order chi connectivity index (χ1) is 14.3. The van der Waals surface area contributed by atoms with Crippen LogP contribution in [0.25, 0.3) is 21.5 Å². The van der Waals surface area contributed by atoms with Crippen LogP contribution in [0.5, 0.6) is 11.5 Å². The van der Waals surface area contributed by atoms with Gasteiger partial charge < -0.3 is 19.3 Å². The van der Waals surface area contributed by atoms with Crippen molar-refractivity contribution in [1.82, 2.24) is 15.5 Å². The van der Waals surface area contributed by atoms with Crippen molar-refractivity contribution in [2.24, 2.45) is 0 Å². The molecule has 0 spiro atoms. The van der Waals surface area contributed by atoms with Gasteiger partial charge in [0.25, 0.3) is 11.8 Å². The summed E-state index contributed by atoms with van der Waals surface area (Å²) in [7, 11) is 0. The van der Waals surface area contributed by atoms with Crippen LogP contribution >= 0.6 is 22.7 Å². The van der Waals surface area contributed by atoms with E-state index in [0.29, 0.717) is 29.8 Å². The molecule has 146 valence electrons. The Hall–Kier alpha value is -3.17. The van der Waals surface area contributed by atoms with Crippen LogP contribution in [0.1, 0.15) is 4.88 Å². The van der Waals surface area contributed by atoms with E-state index >= 15 is 0 Å². The summed E-state index contributed by atoms with van der Waals surface area (Å²) < 4.78 is 16.7. The third-order valence-electron chi connectivity index (χ3n) is 4.28. The summed E-state index contributed by atoms with van der Waals surface area (Å²) in [6, 6.07) is 15.1. The van der Waals surface area contributed by atoms with Gasteiger partial charge in [0.2, 0.25) is 11.9 Å². The van der Waals surface area contributed by atoms with Crippen LogP contribution in [0.4, 0.5) is 0 Å². The number of ether oxygens (including phenoxy) is 2. The summed E-state index contributed by atoms with van der Waals surface area (Å²) in [5.41, 5.74) is 0. The van der Waals surface area contributed by atoms with Gasteiger partial charge in [0, 0.05) is 4.88 Å². The number of nitrogens with one attached hydrogen (secondary N) is 1. The maximum atomic E-state index is 12.4. The van der Waals surface area contributed by atoms with E-state index in [2.05, 4.69) is 15.5 Å². The van der Waals surface area contributed by atoms with Crippen molar-refractivity contribution in [2.75, 3.05) is 6.61 Å². The van der Waals surface area contributed by atoms with Crippen molar-refractivity contribution in [3.05, 3.63) is 58.8 Å². The van der Waals surface area contributed by atoms with Gasteiger partial charge in [-0.2, -0.15) is 4.98 Å². The average molecular weight is 425 g/mol. The maximum Gasteiger partial charge on any atom is 0.268 e. The highest BCUT2D eigenvalue weighted by Gasteiger charge is 2.27. The summed E-state index contributed by atoms with van der Waals surface area (Å²) in [4.78, 5) is 19.7. The number of nitrogens with zero attached hydrogens (tertiary/aromatic N) is 2. The number of aromatic nitrogens is 2. The molecule has 0 unspecified atom stereocenters. The van der Waals surface area contributed by atoms with Crippen LogP contribution in [0.2, 0.25) is 0 Å². The van der Waals surface area contributed by atoms with E-state index in [1.54, 1.807) is 17.4 Å². The van der Waals surface area contributed by atoms with Crippen molar-refractivity contribution in [2.45, 2.75) is 12.6 Å². The molecule has 3 aromatic heterocycles. The van der Waals surface area contributed by atoms with Crippen LogP contribution < -0.4 is 14.8 Å². The second kappa shape index (κ2) is 7.69. The lowest BCUT2D eigenvalue weighted by atomic mass is 10.2. The molecule has 0 fully saturated rings. The minimum absolute atomic E-state index is 0.187. The van der Waals surface area contributed by atoms with Crippen molar-refractivity contribution in [3.63, 3.8) is 0 Å². The minimum Gasteiger partial charge on any atom is -0.485 e. The number of benzene rings is 1. The summed E-state index contributed by atoms with van der Waals surface area (Å²) in [6.45, 7) is 0.572. The van der Waals surface area contributed by atoms with Crippen LogP contribution in [-0.2, 0) is 11.3 Å². The van der Waals surface area contributed by atoms with Crippen LogP contribution in [-0.4, -0.2) is 28.8 Å². The number of carbonyl (C=O) groups is 1. The lowest BCUT2D eigenvalue weighted by Gasteiger charge is -2.25. The van der Waals surface area contributed by atoms with Gasteiger partial charge in [-0.15, -0.1) is 22.7 Å². The molecule has 1 N–H and O–H groups in total. The van der Waals surface area contributed by atoms with E-state index in [9.17, 15) is 4.79 Å². The lowest BCUT2D eigenvalue weighted by Crippen LogP contribution is -2.43. The Bertz CT molecular complexity index is 1140. The van der Waals surface area contributed by atoms with E-state index in [1.165, 1.54) is 11.3 Å². The SMILES string of the molecule is O=C(NCc1ccc(-c2nc(-c3cccs3)no2)s1)[C@H]1COc2ccccc2O1. The zero-order valence-electron chi connectivity index (χ0n) is 15.0. The Morgan fingerprint density at radius 2 is 2.00 bits per heavy atom. The Morgan fingerprint density at radius 3 is 2.86 bits per heavy atom. The van der Waals surface area contributed by atoms with Gasteiger partial charge in [-0.25, -0.2) is 0 Å². The van der Waals surface area contributed by atoms with E-state index in [4.69, 9.17) is 14.0 Å². The number of rotatable bonds is 5. The Morgan fingerprint density at radius 1 is 1.10 bits per heavy atom. The number of fused-ring (bicyclic) bond motifs is 1. The lowest BCUT2D eigenvalue weighted by molar-refractivity contribution is -0.130. The molecule has 0 radical (unpaired) electrons. The third-order valence-corrected chi connectivity index (χ3v) is 6.22. The molecule has 0 bridgehead atoms. The molecule has 5 rings (SSSR count). The molecule has 1 aromatic carbocycles. The summed E-state index contributed by atoms with van der Waals surface area (Å²) in [6.07, 6.45) is -0.673. The fourth-order valence-corrected chi connectivity index (χ4v) is 4.37. The molecule has 7 nitrogen and oxygen atoms in total. The number of hydrogen-bond donors (Lipinski definition) is 1. The van der Waals surface area contributed by atoms with Gasteiger partial charge in [-0.05, 0) is 35.7 Å². The first-order valence-corrected chi connectivity index (χ1v) is 10.6. The fraction of sp³-hybridized carbons (Fsp3) is 0.150. The molecular weight excluding hydrogens is 410 g/mol. The van der Waals surface area contributed by atoms with Gasteiger partial charge in [-0.1, -0.05) is 23.4 Å². The molecule has 1 atom stereocenters. The van der Waals surface area contributed by atoms with Gasteiger partial charge in [0.1, 0.15) is 6.61 Å². The molecule has 29 heavy (non-hydrogen) atoms. The van der Waals surface area contributed by atoms with Crippen molar-refractivity contribution < 1.29 is 18.8 Å². The molecule has 0 aliphatic carbocycles. The van der Waals surface area contributed by atoms with Gasteiger partial charge in [0.15, 0.2) is 11.5 Å². The average Bonchev–Trinajstić information content (AvgIpc) is 3.52. The maximum absolute atomic E-state index is 12.4. The highest BCUT2D eigenvalue weighted by Crippen LogP contribution is 2.32. The fourth-order valence-electron chi connectivity index (χ4n) is 2.85. The Kier molecular flexibility index (Phi) is 4.74. The number of amides is 1. The topological polar surface area (TPSA) is 86.5 Å². The first-order valence-electron chi connectivity index (χ1n) is 8.89. The number of carbonyl (C=O) groups excluding carboxylic acids is 1. The molecule has 1 amide bonds. The highest BCUT2D eigenvalue weighted by molar-refractivity contribution is 7.15. The minimum atomic E-state index is -0.673. The Labute approximate surface area is 173 Å². The van der Waals surface area contributed by atoms with E-state index in [0.717, 1.165) is 14.6 Å². The smallest absolute Gasteiger partial charge is 0.268 e. The van der Waals surface area contributed by atoms with Gasteiger partial charge in [0.05, 0.1) is 16.3 Å². The van der Waals surface area contributed by atoms with Crippen LogP contribution in [0.15, 0.2) is 58.4 Å². The van der Waals surface area contributed by atoms with Gasteiger partial charge >= 0.3 is 0 Å². The highest BCUT2D eigenvalue weighted by atomic mass is 32.1.